The van der Waals surface area contributed by atoms with Crippen molar-refractivity contribution in [1.82, 2.24) is 15.1 Å². The molecule has 2 aliphatic heterocycles. The molecule has 2 aromatic rings. The molecule has 2 saturated heterocycles. The number of esters is 1. The summed E-state index contributed by atoms with van der Waals surface area (Å²) in [5, 5.41) is 3.35. The molecule has 2 aliphatic rings. The molecular formula is C29H32F7N3O3. The van der Waals surface area contributed by atoms with E-state index >= 15 is 0 Å². The Morgan fingerprint density at radius 1 is 1.05 bits per heavy atom. The van der Waals surface area contributed by atoms with Crippen LogP contribution in [0.15, 0.2) is 36.4 Å². The first-order chi connectivity index (χ1) is 19.5. The van der Waals surface area contributed by atoms with Crippen LogP contribution in [0.4, 0.5) is 35.5 Å². The molecule has 1 spiro atoms. The zero-order chi connectivity index (χ0) is 31.2. The Morgan fingerprint density at radius 2 is 1.67 bits per heavy atom. The summed E-state index contributed by atoms with van der Waals surface area (Å²) in [5.41, 5.74) is -2.57. The third kappa shape index (κ3) is 6.35. The van der Waals surface area contributed by atoms with Gasteiger partial charge in [-0.25, -0.2) is 9.18 Å². The molecule has 2 heterocycles. The number of methoxy groups -OCH3 is 1. The van der Waals surface area contributed by atoms with Crippen molar-refractivity contribution in [2.45, 2.75) is 75.5 Å². The number of rotatable bonds is 4. The number of urea groups is 1. The fourth-order valence-electron chi connectivity index (χ4n) is 6.02. The van der Waals surface area contributed by atoms with Gasteiger partial charge in [-0.1, -0.05) is 6.07 Å². The number of halogens is 7. The van der Waals surface area contributed by atoms with Crippen LogP contribution in [0.25, 0.3) is 0 Å². The first-order valence-corrected chi connectivity index (χ1v) is 13.4. The van der Waals surface area contributed by atoms with Crippen LogP contribution in [-0.4, -0.2) is 54.1 Å². The zero-order valence-electron chi connectivity index (χ0n) is 23.5. The van der Waals surface area contributed by atoms with Crippen LogP contribution >= 0.6 is 0 Å². The highest BCUT2D eigenvalue weighted by Crippen LogP contribution is 2.44. The van der Waals surface area contributed by atoms with Crippen molar-refractivity contribution in [3.8, 4) is 0 Å². The predicted octanol–water partition coefficient (Wildman–Crippen LogP) is 6.79. The minimum absolute atomic E-state index is 0.0473. The van der Waals surface area contributed by atoms with Crippen molar-refractivity contribution in [2.75, 3.05) is 20.7 Å². The van der Waals surface area contributed by atoms with Crippen LogP contribution in [0.1, 0.15) is 72.5 Å². The molecule has 1 N–H and O–H groups in total. The van der Waals surface area contributed by atoms with E-state index in [-0.39, 0.29) is 18.2 Å². The molecule has 0 saturated carbocycles. The Balaban J connectivity index is 1.67. The number of ether oxygens (including phenoxy) is 1. The third-order valence-corrected chi connectivity index (χ3v) is 8.48. The van der Waals surface area contributed by atoms with E-state index in [0.717, 1.165) is 4.90 Å². The van der Waals surface area contributed by atoms with Gasteiger partial charge in [0.15, 0.2) is 0 Å². The highest BCUT2D eigenvalue weighted by atomic mass is 19.4. The Kier molecular flexibility index (Phi) is 8.56. The smallest absolute Gasteiger partial charge is 0.416 e. The molecule has 0 aromatic heterocycles. The monoisotopic (exact) mass is 603 g/mol. The Labute approximate surface area is 238 Å². The van der Waals surface area contributed by atoms with Crippen molar-refractivity contribution >= 4 is 12.0 Å². The van der Waals surface area contributed by atoms with Crippen LogP contribution < -0.4 is 5.32 Å². The maximum absolute atomic E-state index is 14.0. The van der Waals surface area contributed by atoms with E-state index in [1.165, 1.54) is 38.1 Å². The van der Waals surface area contributed by atoms with Gasteiger partial charge < -0.3 is 14.5 Å². The van der Waals surface area contributed by atoms with E-state index in [9.17, 15) is 40.3 Å². The highest BCUT2D eigenvalue weighted by molar-refractivity contribution is 5.77. The zero-order valence-corrected chi connectivity index (χ0v) is 23.5. The number of nitrogens with zero attached hydrogens (tertiary/aromatic N) is 2. The fraction of sp³-hybridized carbons (Fsp3) is 0.517. The molecule has 2 aromatic carbocycles. The summed E-state index contributed by atoms with van der Waals surface area (Å²) in [6.07, 6.45) is -8.14. The quantitative estimate of drug-likeness (QED) is 0.309. The summed E-state index contributed by atoms with van der Waals surface area (Å²) < 4.78 is 99.8. The topological polar surface area (TPSA) is 61.9 Å². The third-order valence-electron chi connectivity index (χ3n) is 8.48. The molecule has 230 valence electrons. The van der Waals surface area contributed by atoms with Gasteiger partial charge in [0.05, 0.1) is 30.3 Å². The molecule has 6 nitrogen and oxygen atoms in total. The van der Waals surface area contributed by atoms with Gasteiger partial charge in [0.25, 0.3) is 0 Å². The fourth-order valence-corrected chi connectivity index (χ4v) is 6.02. The molecule has 4 atom stereocenters. The van der Waals surface area contributed by atoms with Gasteiger partial charge in [0.2, 0.25) is 0 Å². The van der Waals surface area contributed by atoms with Crippen LogP contribution in [0.5, 0.6) is 0 Å². The number of hydrogen-bond donors (Lipinski definition) is 1. The molecule has 0 radical (unpaired) electrons. The number of hydrogen-bond acceptors (Lipinski definition) is 4. The second-order valence-corrected chi connectivity index (χ2v) is 11.1. The molecule has 2 fully saturated rings. The first-order valence-electron chi connectivity index (χ1n) is 13.4. The minimum Gasteiger partial charge on any atom is -0.468 e. The lowest BCUT2D eigenvalue weighted by molar-refractivity contribution is -0.144. The average molecular weight is 604 g/mol. The summed E-state index contributed by atoms with van der Waals surface area (Å²) >= 11 is 0. The number of amides is 2. The Morgan fingerprint density at radius 3 is 2.21 bits per heavy atom. The average Bonchev–Trinajstić information content (AvgIpc) is 3.33. The van der Waals surface area contributed by atoms with Crippen molar-refractivity contribution < 1.29 is 45.1 Å². The summed E-state index contributed by atoms with van der Waals surface area (Å²) in [4.78, 5) is 28.7. The first kappa shape index (κ1) is 31.6. The molecule has 42 heavy (non-hydrogen) atoms. The van der Waals surface area contributed by atoms with Crippen molar-refractivity contribution in [3.05, 3.63) is 70.0 Å². The Bertz CT molecular complexity index is 1310. The minimum atomic E-state index is -5.03. The van der Waals surface area contributed by atoms with Crippen molar-refractivity contribution in [3.63, 3.8) is 0 Å². The highest BCUT2D eigenvalue weighted by Gasteiger charge is 2.48. The van der Waals surface area contributed by atoms with E-state index in [4.69, 9.17) is 4.74 Å². The maximum Gasteiger partial charge on any atom is 0.416 e. The van der Waals surface area contributed by atoms with Gasteiger partial charge in [0.1, 0.15) is 11.9 Å². The second kappa shape index (κ2) is 11.4. The SMILES string of the molecule is COC(=O)[C@@H]1CC[C@@]2(CCN(C(=O)N(C)[C@@H](C)c3cc(C(F)(F)F)cc(C(F)(F)F)c3)[C@@H](c3ccc(F)cc3C)C2)N1. The number of likely N-dealkylation sites (tertiary alicyclic amines) is 1. The largest absolute Gasteiger partial charge is 0.468 e. The second-order valence-electron chi connectivity index (χ2n) is 11.1. The Hall–Kier alpha value is -3.35. The summed E-state index contributed by atoms with van der Waals surface area (Å²) in [7, 11) is 2.61. The molecule has 0 aliphatic carbocycles. The van der Waals surface area contributed by atoms with E-state index in [1.54, 1.807) is 13.0 Å². The lowest BCUT2D eigenvalue weighted by Gasteiger charge is -2.47. The van der Waals surface area contributed by atoms with E-state index in [0.29, 0.717) is 48.9 Å². The maximum atomic E-state index is 14.0. The van der Waals surface area contributed by atoms with Gasteiger partial charge in [0, 0.05) is 19.1 Å². The molecular weight excluding hydrogens is 571 g/mol. The number of alkyl halides is 6. The predicted molar refractivity (Wildman–Crippen MR) is 139 cm³/mol. The number of nitrogens with one attached hydrogen (secondary N) is 1. The number of aryl methyl sites for hydroxylation is 1. The van der Waals surface area contributed by atoms with Gasteiger partial charge in [-0.05, 0) is 86.6 Å². The van der Waals surface area contributed by atoms with Gasteiger partial charge in [-0.3, -0.25) is 10.1 Å². The molecule has 13 heteroatoms. The molecule has 4 rings (SSSR count). The normalized spacial score (nSPS) is 23.6. The lowest BCUT2D eigenvalue weighted by Crippen LogP contribution is -2.56. The van der Waals surface area contributed by atoms with Crippen LogP contribution in [0.3, 0.4) is 0 Å². The molecule has 0 bridgehead atoms. The number of benzene rings is 2. The standard InChI is InChI=1S/C29H32F7N3O3/c1-16-11-21(30)5-6-22(16)24-15-27(8-7-23(37-27)25(40)42-4)9-10-39(24)26(41)38(3)17(2)18-12-19(28(31,32)33)14-20(13-18)29(34,35)36/h5-6,11-14,17,23-24,37H,7-10,15H2,1-4H3/t17-,23-,24+,27-/m0/s1. The van der Waals surface area contributed by atoms with Gasteiger partial charge in [-0.15, -0.1) is 0 Å². The van der Waals surface area contributed by atoms with Crippen molar-refractivity contribution in [1.29, 1.82) is 0 Å². The van der Waals surface area contributed by atoms with Gasteiger partial charge in [-0.2, -0.15) is 26.3 Å². The van der Waals surface area contributed by atoms with E-state index in [2.05, 4.69) is 5.32 Å². The summed E-state index contributed by atoms with van der Waals surface area (Å²) in [6, 6.07) is 2.53. The summed E-state index contributed by atoms with van der Waals surface area (Å²) in [6.45, 7) is 3.22. The number of carbonyl (C=O) groups is 2. The lowest BCUT2D eigenvalue weighted by atomic mass is 9.79. The molecule has 0 unspecified atom stereocenters. The van der Waals surface area contributed by atoms with Crippen LogP contribution in [-0.2, 0) is 21.9 Å². The number of piperidine rings is 1. The van der Waals surface area contributed by atoms with Crippen LogP contribution in [0.2, 0.25) is 0 Å². The molecule has 2 amide bonds. The summed E-state index contributed by atoms with van der Waals surface area (Å²) in [5.74, 6) is -0.882. The van der Waals surface area contributed by atoms with E-state index in [1.807, 2.05) is 0 Å². The number of carbonyl (C=O) groups excluding carboxylic acids is 2. The van der Waals surface area contributed by atoms with Gasteiger partial charge >= 0.3 is 24.4 Å². The van der Waals surface area contributed by atoms with E-state index < -0.39 is 65.0 Å². The van der Waals surface area contributed by atoms with Crippen LogP contribution in [0, 0.1) is 12.7 Å². The van der Waals surface area contributed by atoms with Crippen molar-refractivity contribution in [2.24, 2.45) is 0 Å².